The van der Waals surface area contributed by atoms with Crippen molar-refractivity contribution in [1.82, 2.24) is 0 Å². The molecule has 2 N–H and O–H groups in total. The average Bonchev–Trinajstić information content (AvgIpc) is 2.54. The minimum absolute atomic E-state index is 0.685. The van der Waals surface area contributed by atoms with Crippen molar-refractivity contribution in [3.05, 3.63) is 42.5 Å². The molecular formula is C19H25NS. The van der Waals surface area contributed by atoms with E-state index < -0.39 is 0 Å². The second-order valence-electron chi connectivity index (χ2n) is 6.25. The summed E-state index contributed by atoms with van der Waals surface area (Å²) in [6, 6.07) is 15.5. The van der Waals surface area contributed by atoms with Gasteiger partial charge >= 0.3 is 0 Å². The normalized spacial score (nSPS) is 26.1. The predicted molar refractivity (Wildman–Crippen MR) is 93.8 cm³/mol. The Kier molecular flexibility index (Phi) is 4.87. The first-order valence-electron chi connectivity index (χ1n) is 8.15. The molecule has 21 heavy (non-hydrogen) atoms. The first-order chi connectivity index (χ1) is 10.3. The molecule has 1 saturated carbocycles. The highest BCUT2D eigenvalue weighted by Gasteiger charge is 2.29. The van der Waals surface area contributed by atoms with Crippen LogP contribution in [0.2, 0.25) is 0 Å². The van der Waals surface area contributed by atoms with Gasteiger partial charge in [-0.25, -0.2) is 0 Å². The van der Waals surface area contributed by atoms with E-state index in [9.17, 15) is 0 Å². The van der Waals surface area contributed by atoms with E-state index in [1.54, 1.807) is 0 Å². The second-order valence-corrected chi connectivity index (χ2v) is 7.56. The first kappa shape index (κ1) is 14.9. The molecule has 1 aliphatic carbocycles. The van der Waals surface area contributed by atoms with Gasteiger partial charge < -0.3 is 5.73 Å². The summed E-state index contributed by atoms with van der Waals surface area (Å²) in [4.78, 5) is 1.40. The quantitative estimate of drug-likeness (QED) is 0.851. The van der Waals surface area contributed by atoms with Crippen LogP contribution in [-0.4, -0.2) is 11.8 Å². The zero-order valence-corrected chi connectivity index (χ0v) is 13.6. The standard InChI is InChI=1S/C19H25NS/c1-2-14-7-8-17(13-20)19(11-14)21-18-10-9-15-5-3-4-6-16(15)12-18/h3-6,9-10,12,14,17,19H,2,7-8,11,13,20H2,1H3. The molecule has 2 aromatic rings. The van der Waals surface area contributed by atoms with Crippen LogP contribution in [0.1, 0.15) is 32.6 Å². The third kappa shape index (κ3) is 3.44. The maximum absolute atomic E-state index is 6.01. The minimum Gasteiger partial charge on any atom is -0.330 e. The molecule has 0 amide bonds. The van der Waals surface area contributed by atoms with Crippen LogP contribution in [-0.2, 0) is 0 Å². The van der Waals surface area contributed by atoms with E-state index in [0.717, 1.165) is 12.5 Å². The van der Waals surface area contributed by atoms with E-state index in [1.165, 1.54) is 41.4 Å². The molecule has 3 atom stereocenters. The first-order valence-corrected chi connectivity index (χ1v) is 9.03. The maximum Gasteiger partial charge on any atom is 0.0137 e. The zero-order chi connectivity index (χ0) is 14.7. The monoisotopic (exact) mass is 299 g/mol. The van der Waals surface area contributed by atoms with E-state index in [4.69, 9.17) is 5.73 Å². The molecule has 1 nitrogen and oxygen atoms in total. The molecule has 0 saturated heterocycles. The van der Waals surface area contributed by atoms with Crippen LogP contribution in [0.15, 0.2) is 47.4 Å². The number of hydrogen-bond acceptors (Lipinski definition) is 2. The molecule has 1 aliphatic rings. The molecule has 2 heteroatoms. The Morgan fingerprint density at radius 3 is 2.67 bits per heavy atom. The van der Waals surface area contributed by atoms with E-state index in [-0.39, 0.29) is 0 Å². The SMILES string of the molecule is CCC1CCC(CN)C(Sc2ccc3ccccc3c2)C1. The van der Waals surface area contributed by atoms with E-state index in [0.29, 0.717) is 11.2 Å². The van der Waals surface area contributed by atoms with Gasteiger partial charge in [-0.3, -0.25) is 0 Å². The lowest BCUT2D eigenvalue weighted by Crippen LogP contribution is -2.32. The molecule has 1 fully saturated rings. The van der Waals surface area contributed by atoms with Crippen LogP contribution in [0.4, 0.5) is 0 Å². The van der Waals surface area contributed by atoms with Crippen LogP contribution in [0, 0.1) is 11.8 Å². The molecular weight excluding hydrogens is 274 g/mol. The third-order valence-electron chi connectivity index (χ3n) is 4.93. The fourth-order valence-electron chi connectivity index (χ4n) is 3.47. The fourth-order valence-corrected chi connectivity index (χ4v) is 4.97. The molecule has 3 rings (SSSR count). The molecule has 0 aromatic heterocycles. The Morgan fingerprint density at radius 1 is 1.10 bits per heavy atom. The minimum atomic E-state index is 0.685. The number of thioether (sulfide) groups is 1. The zero-order valence-electron chi connectivity index (χ0n) is 12.8. The summed E-state index contributed by atoms with van der Waals surface area (Å²) < 4.78 is 0. The van der Waals surface area contributed by atoms with E-state index in [2.05, 4.69) is 61.2 Å². The van der Waals surface area contributed by atoms with Crippen molar-refractivity contribution in [3.8, 4) is 0 Å². The summed E-state index contributed by atoms with van der Waals surface area (Å²) in [5, 5.41) is 3.36. The summed E-state index contributed by atoms with van der Waals surface area (Å²) >= 11 is 2.05. The van der Waals surface area contributed by atoms with Gasteiger partial charge in [-0.15, -0.1) is 11.8 Å². The highest BCUT2D eigenvalue weighted by molar-refractivity contribution is 8.00. The van der Waals surface area contributed by atoms with Crippen molar-refractivity contribution in [2.45, 2.75) is 42.8 Å². The smallest absolute Gasteiger partial charge is 0.0137 e. The van der Waals surface area contributed by atoms with Crippen LogP contribution in [0.25, 0.3) is 10.8 Å². The Labute approximate surface area is 132 Å². The Morgan fingerprint density at radius 2 is 1.90 bits per heavy atom. The number of nitrogens with two attached hydrogens (primary N) is 1. The highest BCUT2D eigenvalue weighted by atomic mass is 32.2. The topological polar surface area (TPSA) is 26.0 Å². The van der Waals surface area contributed by atoms with Crippen molar-refractivity contribution in [3.63, 3.8) is 0 Å². The lowest BCUT2D eigenvalue weighted by molar-refractivity contribution is 0.284. The summed E-state index contributed by atoms with van der Waals surface area (Å²) in [6.07, 6.45) is 5.31. The molecule has 0 spiro atoms. The van der Waals surface area contributed by atoms with Gasteiger partial charge in [0.1, 0.15) is 0 Å². The predicted octanol–water partition coefficient (Wildman–Crippen LogP) is 5.09. The molecule has 3 unspecified atom stereocenters. The van der Waals surface area contributed by atoms with Crippen LogP contribution in [0.5, 0.6) is 0 Å². The van der Waals surface area contributed by atoms with Gasteiger partial charge in [0.2, 0.25) is 0 Å². The number of fused-ring (bicyclic) bond motifs is 1. The summed E-state index contributed by atoms with van der Waals surface area (Å²) in [6.45, 7) is 3.16. The average molecular weight is 299 g/mol. The van der Waals surface area contributed by atoms with Crippen LogP contribution >= 0.6 is 11.8 Å². The molecule has 0 bridgehead atoms. The largest absolute Gasteiger partial charge is 0.330 e. The van der Waals surface area contributed by atoms with Crippen molar-refractivity contribution < 1.29 is 0 Å². The Bertz CT molecular complexity index is 595. The summed E-state index contributed by atoms with van der Waals surface area (Å²) in [5.41, 5.74) is 6.01. The molecule has 0 aliphatic heterocycles. The lowest BCUT2D eigenvalue weighted by Gasteiger charge is -2.35. The maximum atomic E-state index is 6.01. The van der Waals surface area contributed by atoms with Gasteiger partial charge in [-0.05, 0) is 54.1 Å². The Balaban J connectivity index is 1.78. The van der Waals surface area contributed by atoms with Crippen LogP contribution < -0.4 is 5.73 Å². The number of benzene rings is 2. The number of rotatable bonds is 4. The van der Waals surface area contributed by atoms with Crippen molar-refractivity contribution in [2.24, 2.45) is 17.6 Å². The van der Waals surface area contributed by atoms with E-state index in [1.807, 2.05) is 0 Å². The Hall–Kier alpha value is -0.990. The van der Waals surface area contributed by atoms with E-state index >= 15 is 0 Å². The molecule has 0 heterocycles. The molecule has 2 aromatic carbocycles. The van der Waals surface area contributed by atoms with Gasteiger partial charge in [0, 0.05) is 10.1 Å². The molecule has 112 valence electrons. The summed E-state index contributed by atoms with van der Waals surface area (Å²) in [7, 11) is 0. The van der Waals surface area contributed by atoms with Crippen molar-refractivity contribution in [1.29, 1.82) is 0 Å². The van der Waals surface area contributed by atoms with Gasteiger partial charge in [-0.2, -0.15) is 0 Å². The van der Waals surface area contributed by atoms with Crippen molar-refractivity contribution >= 4 is 22.5 Å². The van der Waals surface area contributed by atoms with Gasteiger partial charge in [0.05, 0.1) is 0 Å². The third-order valence-corrected chi connectivity index (χ3v) is 6.33. The van der Waals surface area contributed by atoms with Crippen LogP contribution in [0.3, 0.4) is 0 Å². The van der Waals surface area contributed by atoms with Gasteiger partial charge in [0.15, 0.2) is 0 Å². The fraction of sp³-hybridized carbons (Fsp3) is 0.474. The van der Waals surface area contributed by atoms with Gasteiger partial charge in [0.25, 0.3) is 0 Å². The highest BCUT2D eigenvalue weighted by Crippen LogP contribution is 2.41. The summed E-state index contributed by atoms with van der Waals surface area (Å²) in [5.74, 6) is 1.58. The molecule has 0 radical (unpaired) electrons. The van der Waals surface area contributed by atoms with Gasteiger partial charge in [-0.1, -0.05) is 50.1 Å². The number of hydrogen-bond donors (Lipinski definition) is 1. The second kappa shape index (κ2) is 6.85. The van der Waals surface area contributed by atoms with Crippen molar-refractivity contribution in [2.75, 3.05) is 6.54 Å². The lowest BCUT2D eigenvalue weighted by atomic mass is 9.80.